The molecule has 10 heteroatoms. The topological polar surface area (TPSA) is 93.4 Å². The molecular formula is C19H22F3N3O4. The van der Waals surface area contributed by atoms with Crippen molar-refractivity contribution in [2.75, 3.05) is 6.54 Å². The highest BCUT2D eigenvalue weighted by Crippen LogP contribution is 2.37. The summed E-state index contributed by atoms with van der Waals surface area (Å²) in [5.41, 5.74) is -2.23. The molecule has 1 unspecified atom stereocenters. The number of carboxylic acids is 1. The van der Waals surface area contributed by atoms with Crippen LogP contribution in [0.5, 0.6) is 0 Å². The standard InChI is InChI=1S/C19H22F3N3O4/c1-18(2,3)29-17(28)23-10-9-13(16(26)27)14-11-24-25(15(14)19(20,21)22)12-7-5-4-6-8-12/h4-8,11,13H,9-10H2,1-3H3,(H,23,28)(H,26,27). The lowest BCUT2D eigenvalue weighted by Gasteiger charge is -2.20. The lowest BCUT2D eigenvalue weighted by atomic mass is 9.95. The fourth-order valence-electron chi connectivity index (χ4n) is 2.71. The molecule has 0 aliphatic heterocycles. The van der Waals surface area contributed by atoms with Crippen LogP contribution in [0.25, 0.3) is 5.69 Å². The molecule has 2 aromatic rings. The first-order valence-corrected chi connectivity index (χ1v) is 8.80. The number of alkyl halides is 3. The first-order chi connectivity index (χ1) is 13.4. The van der Waals surface area contributed by atoms with Crippen LogP contribution in [-0.2, 0) is 15.7 Å². The molecule has 0 bridgehead atoms. The number of aliphatic carboxylic acids is 1. The van der Waals surface area contributed by atoms with Gasteiger partial charge in [-0.05, 0) is 39.3 Å². The van der Waals surface area contributed by atoms with Crippen LogP contribution < -0.4 is 5.32 Å². The molecule has 0 saturated carbocycles. The second kappa shape index (κ2) is 8.54. The van der Waals surface area contributed by atoms with E-state index in [1.165, 1.54) is 12.1 Å². The van der Waals surface area contributed by atoms with Crippen molar-refractivity contribution in [2.45, 2.75) is 44.9 Å². The quantitative estimate of drug-likeness (QED) is 0.747. The highest BCUT2D eigenvalue weighted by molar-refractivity contribution is 5.76. The highest BCUT2D eigenvalue weighted by atomic mass is 19.4. The lowest BCUT2D eigenvalue weighted by Crippen LogP contribution is -2.34. The number of para-hydroxylation sites is 1. The van der Waals surface area contributed by atoms with Crippen LogP contribution in [0, 0.1) is 0 Å². The van der Waals surface area contributed by atoms with Gasteiger partial charge >= 0.3 is 18.2 Å². The first-order valence-electron chi connectivity index (χ1n) is 8.80. The summed E-state index contributed by atoms with van der Waals surface area (Å²) in [6, 6.07) is 7.62. The zero-order valence-electron chi connectivity index (χ0n) is 16.2. The number of ether oxygens (including phenoxy) is 1. The second-order valence-electron chi connectivity index (χ2n) is 7.30. The maximum Gasteiger partial charge on any atom is 0.433 e. The van der Waals surface area contributed by atoms with Crippen molar-refractivity contribution in [3.8, 4) is 5.69 Å². The average molecular weight is 413 g/mol. The summed E-state index contributed by atoms with van der Waals surface area (Å²) in [5.74, 6) is -2.96. The summed E-state index contributed by atoms with van der Waals surface area (Å²) in [6.07, 6.45) is -4.97. The van der Waals surface area contributed by atoms with Gasteiger partial charge < -0.3 is 15.2 Å². The molecule has 7 nitrogen and oxygen atoms in total. The molecule has 1 aromatic carbocycles. The number of rotatable bonds is 6. The van der Waals surface area contributed by atoms with Gasteiger partial charge in [-0.25, -0.2) is 9.48 Å². The lowest BCUT2D eigenvalue weighted by molar-refractivity contribution is -0.145. The molecule has 29 heavy (non-hydrogen) atoms. The number of carboxylic acid groups (broad SMARTS) is 1. The number of aromatic nitrogens is 2. The molecule has 1 amide bonds. The molecule has 0 aliphatic rings. The van der Waals surface area contributed by atoms with Crippen LogP contribution in [0.2, 0.25) is 0 Å². The van der Waals surface area contributed by atoms with Gasteiger partial charge in [-0.15, -0.1) is 0 Å². The van der Waals surface area contributed by atoms with E-state index >= 15 is 0 Å². The van der Waals surface area contributed by atoms with Gasteiger partial charge in [0.1, 0.15) is 5.60 Å². The van der Waals surface area contributed by atoms with Crippen LogP contribution in [0.3, 0.4) is 0 Å². The predicted molar refractivity (Wildman–Crippen MR) is 97.8 cm³/mol. The number of hydrogen-bond acceptors (Lipinski definition) is 4. The van der Waals surface area contributed by atoms with Gasteiger partial charge in [0.05, 0.1) is 17.8 Å². The van der Waals surface area contributed by atoms with Gasteiger partial charge in [0.25, 0.3) is 0 Å². The minimum atomic E-state index is -4.83. The molecule has 2 N–H and O–H groups in total. The van der Waals surface area contributed by atoms with Crippen molar-refractivity contribution in [2.24, 2.45) is 0 Å². The van der Waals surface area contributed by atoms with Crippen LogP contribution in [0.4, 0.5) is 18.0 Å². The molecular weight excluding hydrogens is 391 g/mol. The number of hydrogen-bond donors (Lipinski definition) is 2. The average Bonchev–Trinajstić information content (AvgIpc) is 3.02. The Morgan fingerprint density at radius 1 is 1.21 bits per heavy atom. The Morgan fingerprint density at radius 2 is 1.83 bits per heavy atom. The third-order valence-corrected chi connectivity index (χ3v) is 3.84. The number of benzene rings is 1. The molecule has 0 spiro atoms. The Morgan fingerprint density at radius 3 is 2.34 bits per heavy atom. The van der Waals surface area contributed by atoms with Crippen molar-refractivity contribution in [1.29, 1.82) is 0 Å². The largest absolute Gasteiger partial charge is 0.481 e. The number of halogens is 3. The monoisotopic (exact) mass is 413 g/mol. The molecule has 158 valence electrons. The van der Waals surface area contributed by atoms with Crippen molar-refractivity contribution < 1.29 is 32.6 Å². The van der Waals surface area contributed by atoms with Crippen molar-refractivity contribution in [3.63, 3.8) is 0 Å². The van der Waals surface area contributed by atoms with Gasteiger partial charge in [0, 0.05) is 12.1 Å². The van der Waals surface area contributed by atoms with E-state index in [1.54, 1.807) is 39.0 Å². The number of nitrogens with zero attached hydrogens (tertiary/aromatic N) is 2. The van der Waals surface area contributed by atoms with Gasteiger partial charge in [0.2, 0.25) is 0 Å². The Hall–Kier alpha value is -3.04. The molecule has 1 atom stereocenters. The molecule has 0 radical (unpaired) electrons. The molecule has 1 heterocycles. The maximum atomic E-state index is 13.7. The summed E-state index contributed by atoms with van der Waals surface area (Å²) in [5, 5.41) is 15.6. The number of alkyl carbamates (subject to hydrolysis) is 1. The fourth-order valence-corrected chi connectivity index (χ4v) is 2.71. The van der Waals surface area contributed by atoms with Gasteiger partial charge in [-0.2, -0.15) is 18.3 Å². The zero-order valence-corrected chi connectivity index (χ0v) is 16.2. The number of nitrogens with one attached hydrogen (secondary N) is 1. The summed E-state index contributed by atoms with van der Waals surface area (Å²) in [4.78, 5) is 23.4. The van der Waals surface area contributed by atoms with Gasteiger partial charge in [-0.1, -0.05) is 18.2 Å². The molecule has 2 rings (SSSR count). The van der Waals surface area contributed by atoms with Crippen molar-refractivity contribution in [3.05, 3.63) is 47.8 Å². The van der Waals surface area contributed by atoms with Crippen molar-refractivity contribution in [1.82, 2.24) is 15.1 Å². The van der Waals surface area contributed by atoms with E-state index in [0.717, 1.165) is 6.20 Å². The minimum Gasteiger partial charge on any atom is -0.481 e. The van der Waals surface area contributed by atoms with Gasteiger partial charge in [-0.3, -0.25) is 4.79 Å². The normalized spacial score (nSPS) is 13.0. The fraction of sp³-hybridized carbons (Fsp3) is 0.421. The van der Waals surface area contributed by atoms with Crippen molar-refractivity contribution >= 4 is 12.1 Å². The third kappa shape index (κ3) is 5.97. The second-order valence-corrected chi connectivity index (χ2v) is 7.30. The summed E-state index contributed by atoms with van der Waals surface area (Å²) >= 11 is 0. The summed E-state index contributed by atoms with van der Waals surface area (Å²) < 4.78 is 46.9. The minimum absolute atomic E-state index is 0.155. The van der Waals surface area contributed by atoms with Crippen LogP contribution in [-0.4, -0.2) is 39.1 Å². The SMILES string of the molecule is CC(C)(C)OC(=O)NCCC(C(=O)O)c1cnn(-c2ccccc2)c1C(F)(F)F. The number of carbonyl (C=O) groups is 2. The Bertz CT molecular complexity index is 858. The Kier molecular flexibility index (Phi) is 6.55. The van der Waals surface area contributed by atoms with Gasteiger partial charge in [0.15, 0.2) is 5.69 Å². The molecule has 0 fully saturated rings. The zero-order chi connectivity index (χ0) is 21.8. The van der Waals surface area contributed by atoms with E-state index < -0.39 is 41.0 Å². The van der Waals surface area contributed by atoms with E-state index in [1.807, 2.05) is 0 Å². The first kappa shape index (κ1) is 22.3. The van der Waals surface area contributed by atoms with Crippen LogP contribution in [0.1, 0.15) is 44.4 Å². The smallest absolute Gasteiger partial charge is 0.433 e. The highest BCUT2D eigenvalue weighted by Gasteiger charge is 2.41. The maximum absolute atomic E-state index is 13.7. The van der Waals surface area contributed by atoms with Crippen LogP contribution in [0.15, 0.2) is 36.5 Å². The third-order valence-electron chi connectivity index (χ3n) is 3.84. The Labute approximate surface area is 165 Å². The van der Waals surface area contributed by atoms with E-state index in [0.29, 0.717) is 4.68 Å². The number of amides is 1. The molecule has 0 saturated heterocycles. The van der Waals surface area contributed by atoms with E-state index in [-0.39, 0.29) is 18.7 Å². The summed E-state index contributed by atoms with van der Waals surface area (Å²) in [6.45, 7) is 4.78. The van der Waals surface area contributed by atoms with E-state index in [4.69, 9.17) is 4.74 Å². The number of carbonyl (C=O) groups excluding carboxylic acids is 1. The van der Waals surface area contributed by atoms with E-state index in [9.17, 15) is 27.9 Å². The summed E-state index contributed by atoms with van der Waals surface area (Å²) in [7, 11) is 0. The Balaban J connectivity index is 2.28. The van der Waals surface area contributed by atoms with Crippen LogP contribution >= 0.6 is 0 Å². The molecule has 0 aliphatic carbocycles. The predicted octanol–water partition coefficient (Wildman–Crippen LogP) is 3.97. The molecule has 1 aromatic heterocycles. The van der Waals surface area contributed by atoms with E-state index in [2.05, 4.69) is 10.4 Å².